The molecule has 0 aliphatic heterocycles. The van der Waals surface area contributed by atoms with Gasteiger partial charge in [-0.05, 0) is 31.2 Å². The molecule has 2 amide bonds. The first-order valence-corrected chi connectivity index (χ1v) is 7.78. The van der Waals surface area contributed by atoms with Crippen molar-refractivity contribution in [3.8, 4) is 5.75 Å². The van der Waals surface area contributed by atoms with Crippen LogP contribution in [-0.4, -0.2) is 34.0 Å². The first kappa shape index (κ1) is 18.7. The maximum absolute atomic E-state index is 12.4. The topological polar surface area (TPSA) is 116 Å². The second-order valence-electron chi connectivity index (χ2n) is 5.47. The van der Waals surface area contributed by atoms with Crippen LogP contribution in [0.25, 0.3) is 6.08 Å². The Morgan fingerprint density at radius 1 is 1.00 bits per heavy atom. The first-order chi connectivity index (χ1) is 12.4. The van der Waals surface area contributed by atoms with E-state index in [-0.39, 0.29) is 11.4 Å². The minimum Gasteiger partial charge on any atom is -0.507 e. The number of carboxylic acid groups (broad SMARTS) is 1. The Morgan fingerprint density at radius 2 is 1.62 bits per heavy atom. The van der Waals surface area contributed by atoms with E-state index in [0.717, 1.165) is 0 Å². The number of carbonyl (C=O) groups is 3. The number of benzene rings is 2. The first-order valence-electron chi connectivity index (χ1n) is 7.78. The Balaban J connectivity index is 2.32. The number of phenolic OH excluding ortho intramolecular Hbond substituents is 1. The molecule has 2 rings (SSSR count). The second kappa shape index (κ2) is 8.48. The van der Waals surface area contributed by atoms with E-state index >= 15 is 0 Å². The van der Waals surface area contributed by atoms with E-state index in [9.17, 15) is 19.5 Å². The molecule has 2 aromatic rings. The molecule has 7 heteroatoms. The zero-order valence-electron chi connectivity index (χ0n) is 14.0. The van der Waals surface area contributed by atoms with Gasteiger partial charge in [0.2, 0.25) is 0 Å². The monoisotopic (exact) mass is 354 g/mol. The summed E-state index contributed by atoms with van der Waals surface area (Å²) in [5, 5.41) is 23.6. The van der Waals surface area contributed by atoms with Gasteiger partial charge >= 0.3 is 5.97 Å². The number of amides is 2. The number of aromatic hydroxyl groups is 1. The highest BCUT2D eigenvalue weighted by atomic mass is 16.4. The maximum atomic E-state index is 12.4. The minimum atomic E-state index is -1.21. The average molecular weight is 354 g/mol. The van der Waals surface area contributed by atoms with E-state index < -0.39 is 23.8 Å². The van der Waals surface area contributed by atoms with Crippen LogP contribution in [0.5, 0.6) is 5.75 Å². The number of aliphatic carboxylic acids is 1. The van der Waals surface area contributed by atoms with Crippen LogP contribution >= 0.6 is 0 Å². The second-order valence-corrected chi connectivity index (χ2v) is 5.47. The number of rotatable bonds is 6. The van der Waals surface area contributed by atoms with Gasteiger partial charge in [-0.1, -0.05) is 36.4 Å². The number of hydrogen-bond donors (Lipinski definition) is 4. The van der Waals surface area contributed by atoms with Gasteiger partial charge in [0.1, 0.15) is 17.5 Å². The molecule has 0 aromatic heterocycles. The summed E-state index contributed by atoms with van der Waals surface area (Å²) in [7, 11) is 0. The van der Waals surface area contributed by atoms with Crippen molar-refractivity contribution in [2.45, 2.75) is 13.0 Å². The summed E-state index contributed by atoms with van der Waals surface area (Å²) < 4.78 is 0. The number of carbonyl (C=O) groups excluding carboxylic acids is 2. The molecule has 26 heavy (non-hydrogen) atoms. The maximum Gasteiger partial charge on any atom is 0.325 e. The Labute approximate surface area is 150 Å². The minimum absolute atomic E-state index is 0.0851. The molecule has 0 heterocycles. The third kappa shape index (κ3) is 4.94. The van der Waals surface area contributed by atoms with Crippen molar-refractivity contribution in [2.75, 3.05) is 0 Å². The van der Waals surface area contributed by atoms with E-state index in [0.29, 0.717) is 11.1 Å². The molecule has 1 unspecified atom stereocenters. The Hall–Kier alpha value is -3.61. The van der Waals surface area contributed by atoms with E-state index in [1.165, 1.54) is 19.1 Å². The van der Waals surface area contributed by atoms with Gasteiger partial charge in [-0.15, -0.1) is 0 Å². The Morgan fingerprint density at radius 3 is 2.23 bits per heavy atom. The summed E-state index contributed by atoms with van der Waals surface area (Å²) in [5.74, 6) is -2.62. The SMILES string of the molecule is CC(NC(=O)C(=Cc1ccccc1O)NC(=O)c1ccccc1)C(=O)O. The van der Waals surface area contributed by atoms with Crippen LogP contribution in [0.1, 0.15) is 22.8 Å². The van der Waals surface area contributed by atoms with Crippen molar-refractivity contribution in [3.05, 3.63) is 71.4 Å². The Bertz CT molecular complexity index is 846. The molecule has 134 valence electrons. The molecule has 0 saturated carbocycles. The van der Waals surface area contributed by atoms with Crippen molar-refractivity contribution in [2.24, 2.45) is 0 Å². The number of para-hydroxylation sites is 1. The highest BCUT2D eigenvalue weighted by Gasteiger charge is 2.19. The van der Waals surface area contributed by atoms with Gasteiger partial charge in [-0.2, -0.15) is 0 Å². The molecule has 7 nitrogen and oxygen atoms in total. The Kier molecular flexibility index (Phi) is 6.10. The van der Waals surface area contributed by atoms with Crippen LogP contribution < -0.4 is 10.6 Å². The van der Waals surface area contributed by atoms with Gasteiger partial charge in [0, 0.05) is 11.1 Å². The standard InChI is InChI=1S/C19H18N2O5/c1-12(19(25)26)20-18(24)15(11-14-9-5-6-10-16(14)22)21-17(23)13-7-3-2-4-8-13/h2-12,22H,1H3,(H,20,24)(H,21,23)(H,25,26). The van der Waals surface area contributed by atoms with E-state index in [2.05, 4.69) is 10.6 Å². The normalized spacial score (nSPS) is 12.1. The predicted molar refractivity (Wildman–Crippen MR) is 95.2 cm³/mol. The van der Waals surface area contributed by atoms with Crippen molar-refractivity contribution >= 4 is 23.9 Å². The van der Waals surface area contributed by atoms with Crippen molar-refractivity contribution in [3.63, 3.8) is 0 Å². The molecule has 0 spiro atoms. The van der Waals surface area contributed by atoms with Gasteiger partial charge in [0.05, 0.1) is 0 Å². The molecule has 0 saturated heterocycles. The molecule has 4 N–H and O–H groups in total. The number of hydrogen-bond acceptors (Lipinski definition) is 4. The molecule has 0 bridgehead atoms. The fraction of sp³-hybridized carbons (Fsp3) is 0.105. The van der Waals surface area contributed by atoms with Crippen LogP contribution in [0.4, 0.5) is 0 Å². The van der Waals surface area contributed by atoms with Gasteiger partial charge in [0.15, 0.2) is 0 Å². The van der Waals surface area contributed by atoms with Crippen LogP contribution in [0.2, 0.25) is 0 Å². The lowest BCUT2D eigenvalue weighted by molar-refractivity contribution is -0.140. The molecular weight excluding hydrogens is 336 g/mol. The van der Waals surface area contributed by atoms with Gasteiger partial charge in [-0.25, -0.2) is 0 Å². The summed E-state index contributed by atoms with van der Waals surface area (Å²) in [6, 6.07) is 13.3. The molecule has 0 radical (unpaired) electrons. The number of phenols is 1. The molecule has 1 atom stereocenters. The summed E-state index contributed by atoms with van der Waals surface area (Å²) in [6.07, 6.45) is 1.28. The largest absolute Gasteiger partial charge is 0.507 e. The molecule has 0 aliphatic rings. The lowest BCUT2D eigenvalue weighted by Gasteiger charge is -2.13. The lowest BCUT2D eigenvalue weighted by atomic mass is 10.1. The summed E-state index contributed by atoms with van der Waals surface area (Å²) in [5.41, 5.74) is 0.442. The lowest BCUT2D eigenvalue weighted by Crippen LogP contribution is -2.42. The molecular formula is C19H18N2O5. The molecule has 0 fully saturated rings. The fourth-order valence-electron chi connectivity index (χ4n) is 2.04. The number of nitrogens with one attached hydrogen (secondary N) is 2. The zero-order valence-corrected chi connectivity index (χ0v) is 14.0. The predicted octanol–water partition coefficient (Wildman–Crippen LogP) is 1.75. The van der Waals surface area contributed by atoms with Crippen LogP contribution in [-0.2, 0) is 9.59 Å². The highest BCUT2D eigenvalue weighted by Crippen LogP contribution is 2.18. The third-order valence-electron chi connectivity index (χ3n) is 3.48. The zero-order chi connectivity index (χ0) is 19.1. The van der Waals surface area contributed by atoms with E-state index in [4.69, 9.17) is 5.11 Å². The summed E-state index contributed by atoms with van der Waals surface area (Å²) in [6.45, 7) is 1.30. The van der Waals surface area contributed by atoms with Gasteiger partial charge < -0.3 is 20.8 Å². The average Bonchev–Trinajstić information content (AvgIpc) is 2.63. The number of carboxylic acids is 1. The van der Waals surface area contributed by atoms with Crippen LogP contribution in [0, 0.1) is 0 Å². The van der Waals surface area contributed by atoms with E-state index in [1.54, 1.807) is 48.5 Å². The highest BCUT2D eigenvalue weighted by molar-refractivity contribution is 6.06. The summed E-state index contributed by atoms with van der Waals surface area (Å²) in [4.78, 5) is 35.7. The smallest absolute Gasteiger partial charge is 0.325 e. The van der Waals surface area contributed by atoms with Crippen molar-refractivity contribution in [1.29, 1.82) is 0 Å². The van der Waals surface area contributed by atoms with Crippen molar-refractivity contribution in [1.82, 2.24) is 10.6 Å². The quantitative estimate of drug-likeness (QED) is 0.590. The van der Waals surface area contributed by atoms with E-state index in [1.807, 2.05) is 0 Å². The molecule has 2 aromatic carbocycles. The molecule has 0 aliphatic carbocycles. The fourth-order valence-corrected chi connectivity index (χ4v) is 2.04. The van der Waals surface area contributed by atoms with Crippen molar-refractivity contribution < 1.29 is 24.6 Å². The van der Waals surface area contributed by atoms with Crippen LogP contribution in [0.15, 0.2) is 60.3 Å². The van der Waals surface area contributed by atoms with Gasteiger partial charge in [-0.3, -0.25) is 14.4 Å². The summed E-state index contributed by atoms with van der Waals surface area (Å²) >= 11 is 0. The van der Waals surface area contributed by atoms with Crippen LogP contribution in [0.3, 0.4) is 0 Å². The third-order valence-corrected chi connectivity index (χ3v) is 3.48. The van der Waals surface area contributed by atoms with Gasteiger partial charge in [0.25, 0.3) is 11.8 Å².